The van der Waals surface area contributed by atoms with Crippen molar-refractivity contribution in [3.8, 4) is 11.5 Å². The largest absolute Gasteiger partial charge is 0.385 e. The molecule has 11 heteroatoms. The molecule has 4 aromatic heterocycles. The molecular formula is C24H26ClN7O2S. The Morgan fingerprint density at radius 2 is 2.00 bits per heavy atom. The first-order chi connectivity index (χ1) is 16.9. The molecular weight excluding hydrogens is 486 g/mol. The summed E-state index contributed by atoms with van der Waals surface area (Å²) < 4.78 is 2.62. The van der Waals surface area contributed by atoms with E-state index in [1.165, 1.54) is 17.5 Å². The van der Waals surface area contributed by atoms with Gasteiger partial charge in [0, 0.05) is 24.5 Å². The van der Waals surface area contributed by atoms with E-state index in [0.29, 0.717) is 38.6 Å². The van der Waals surface area contributed by atoms with Gasteiger partial charge in [-0.2, -0.15) is 0 Å². The fourth-order valence-electron chi connectivity index (χ4n) is 4.60. The van der Waals surface area contributed by atoms with E-state index in [1.807, 2.05) is 19.9 Å². The summed E-state index contributed by atoms with van der Waals surface area (Å²) in [6.45, 7) is 3.94. The van der Waals surface area contributed by atoms with Crippen molar-refractivity contribution in [2.24, 2.45) is 5.92 Å². The first kappa shape index (κ1) is 23.8. The Morgan fingerprint density at radius 1 is 1.20 bits per heavy atom. The van der Waals surface area contributed by atoms with E-state index >= 15 is 0 Å². The van der Waals surface area contributed by atoms with Crippen LogP contribution in [0.2, 0.25) is 4.34 Å². The number of halogens is 1. The molecule has 1 aliphatic carbocycles. The van der Waals surface area contributed by atoms with Gasteiger partial charge in [-0.25, -0.2) is 19.9 Å². The smallest absolute Gasteiger partial charge is 0.280 e. The van der Waals surface area contributed by atoms with Gasteiger partial charge in [-0.1, -0.05) is 36.8 Å². The fourth-order valence-corrected chi connectivity index (χ4v) is 5.41. The first-order valence-corrected chi connectivity index (χ1v) is 12.9. The molecule has 1 saturated carbocycles. The maximum Gasteiger partial charge on any atom is 0.280 e. The Hall–Kier alpha value is -2.95. The highest BCUT2D eigenvalue weighted by molar-refractivity contribution is 7.17. The zero-order valence-corrected chi connectivity index (χ0v) is 21.0. The van der Waals surface area contributed by atoms with E-state index in [1.54, 1.807) is 24.7 Å². The van der Waals surface area contributed by atoms with Crippen LogP contribution in [0.4, 0.5) is 0 Å². The normalized spacial score (nSPS) is 19.2. The van der Waals surface area contributed by atoms with E-state index in [2.05, 4.69) is 29.8 Å². The molecule has 0 aromatic carbocycles. The van der Waals surface area contributed by atoms with Crippen LogP contribution in [0.1, 0.15) is 67.3 Å². The van der Waals surface area contributed by atoms with Gasteiger partial charge < -0.3 is 15.0 Å². The number of imidazole rings is 1. The fraction of sp³-hybridized carbons (Fsp3) is 0.417. The van der Waals surface area contributed by atoms with Crippen molar-refractivity contribution in [2.75, 3.05) is 0 Å². The van der Waals surface area contributed by atoms with Crippen LogP contribution >= 0.6 is 22.9 Å². The molecule has 0 bridgehead atoms. The van der Waals surface area contributed by atoms with Crippen LogP contribution in [-0.4, -0.2) is 46.5 Å². The second kappa shape index (κ2) is 9.96. The summed E-state index contributed by atoms with van der Waals surface area (Å²) >= 11 is 7.12. The summed E-state index contributed by atoms with van der Waals surface area (Å²) in [5.41, 5.74) is 2.23. The first-order valence-electron chi connectivity index (χ1n) is 11.7. The van der Waals surface area contributed by atoms with Gasteiger partial charge in [0.2, 0.25) is 0 Å². The van der Waals surface area contributed by atoms with Gasteiger partial charge in [0.1, 0.15) is 27.5 Å². The molecule has 1 amide bonds. The second-order valence-corrected chi connectivity index (χ2v) is 10.8. The lowest BCUT2D eigenvalue weighted by atomic mass is 9.90. The highest BCUT2D eigenvalue weighted by Gasteiger charge is 2.31. The quantitative estimate of drug-likeness (QED) is 0.388. The topological polar surface area (TPSA) is 119 Å². The van der Waals surface area contributed by atoms with Crippen LogP contribution in [0.3, 0.4) is 0 Å². The number of thiazole rings is 1. The SMILES string of the molecule is CC(C)[C@H](O)c1nc2cnc(-c3ncccn3)cc2n1[C@@H]1CCC[C@H](NC(=O)c2ncc(Cl)s2)C1. The zero-order valence-electron chi connectivity index (χ0n) is 19.4. The van der Waals surface area contributed by atoms with Crippen molar-refractivity contribution < 1.29 is 9.90 Å². The van der Waals surface area contributed by atoms with E-state index in [4.69, 9.17) is 16.6 Å². The number of carbonyl (C=O) groups excluding carboxylic acids is 1. The van der Waals surface area contributed by atoms with Gasteiger partial charge in [-0.3, -0.25) is 9.78 Å². The number of hydrogen-bond donors (Lipinski definition) is 2. The Morgan fingerprint density at radius 3 is 2.71 bits per heavy atom. The number of carbonyl (C=O) groups is 1. The molecule has 0 radical (unpaired) electrons. The lowest BCUT2D eigenvalue weighted by Crippen LogP contribution is -2.39. The third-order valence-corrected chi connectivity index (χ3v) is 7.43. The Balaban J connectivity index is 1.50. The monoisotopic (exact) mass is 511 g/mol. The summed E-state index contributed by atoms with van der Waals surface area (Å²) in [5.74, 6) is 0.929. The molecule has 5 rings (SSSR count). The summed E-state index contributed by atoms with van der Waals surface area (Å²) in [5, 5.41) is 14.5. The molecule has 9 nitrogen and oxygen atoms in total. The molecule has 35 heavy (non-hydrogen) atoms. The van der Waals surface area contributed by atoms with Gasteiger partial charge >= 0.3 is 0 Å². The Kier molecular flexibility index (Phi) is 6.77. The van der Waals surface area contributed by atoms with Crippen LogP contribution < -0.4 is 5.32 Å². The van der Waals surface area contributed by atoms with Crippen molar-refractivity contribution in [2.45, 2.75) is 57.7 Å². The average Bonchev–Trinajstić information content (AvgIpc) is 3.47. The van der Waals surface area contributed by atoms with Crippen LogP contribution in [-0.2, 0) is 0 Å². The van der Waals surface area contributed by atoms with Crippen molar-refractivity contribution in [3.05, 3.63) is 52.1 Å². The molecule has 0 aliphatic heterocycles. The number of aliphatic hydroxyl groups is 1. The Bertz CT molecular complexity index is 1340. The number of hydrogen-bond acceptors (Lipinski definition) is 8. The summed E-state index contributed by atoms with van der Waals surface area (Å²) in [4.78, 5) is 34.7. The highest BCUT2D eigenvalue weighted by Crippen LogP contribution is 2.36. The minimum absolute atomic E-state index is 0.0100. The van der Waals surface area contributed by atoms with E-state index in [-0.39, 0.29) is 23.9 Å². The van der Waals surface area contributed by atoms with Gasteiger partial charge in [0.05, 0.1) is 17.9 Å². The third-order valence-electron chi connectivity index (χ3n) is 6.31. The Labute approximate surface area is 211 Å². The average molecular weight is 512 g/mol. The van der Waals surface area contributed by atoms with Crippen LogP contribution in [0.25, 0.3) is 22.6 Å². The number of aliphatic hydroxyl groups excluding tert-OH is 1. The molecule has 1 fully saturated rings. The standard InChI is InChI=1S/C24H26ClN7O2S/c1-13(2)20(33)22-31-17-11-28-16(21-26-7-4-8-27-21)10-18(17)32(22)15-6-3-5-14(9-15)30-23(34)24-29-12-19(25)35-24/h4,7-8,10-15,20,33H,3,5-6,9H2,1-2H3,(H,30,34)/t14-,15+,20-/m0/s1. The van der Waals surface area contributed by atoms with Crippen LogP contribution in [0, 0.1) is 5.92 Å². The van der Waals surface area contributed by atoms with E-state index in [0.717, 1.165) is 24.8 Å². The highest BCUT2D eigenvalue weighted by atomic mass is 35.5. The van der Waals surface area contributed by atoms with E-state index < -0.39 is 6.10 Å². The second-order valence-electron chi connectivity index (χ2n) is 9.12. The van der Waals surface area contributed by atoms with Gasteiger partial charge in [0.15, 0.2) is 10.8 Å². The summed E-state index contributed by atoms with van der Waals surface area (Å²) in [6, 6.07) is 3.73. The summed E-state index contributed by atoms with van der Waals surface area (Å²) in [6.07, 6.45) is 9.28. The molecule has 0 spiro atoms. The lowest BCUT2D eigenvalue weighted by Gasteiger charge is -2.32. The molecule has 4 heterocycles. The number of amides is 1. The van der Waals surface area contributed by atoms with Crippen molar-refractivity contribution >= 4 is 39.9 Å². The van der Waals surface area contributed by atoms with Gasteiger partial charge in [-0.05, 0) is 43.7 Å². The van der Waals surface area contributed by atoms with Gasteiger partial charge in [-0.15, -0.1) is 0 Å². The number of rotatable bonds is 6. The number of pyridine rings is 1. The number of aromatic nitrogens is 6. The molecule has 1 aliphatic rings. The molecule has 182 valence electrons. The molecule has 4 aromatic rings. The number of nitrogens with zero attached hydrogens (tertiary/aromatic N) is 6. The molecule has 0 saturated heterocycles. The number of nitrogens with one attached hydrogen (secondary N) is 1. The van der Waals surface area contributed by atoms with Crippen molar-refractivity contribution in [1.29, 1.82) is 0 Å². The van der Waals surface area contributed by atoms with Crippen LogP contribution in [0.15, 0.2) is 36.9 Å². The minimum atomic E-state index is -0.730. The van der Waals surface area contributed by atoms with E-state index in [9.17, 15) is 9.90 Å². The molecule has 3 atom stereocenters. The predicted octanol–water partition coefficient (Wildman–Crippen LogP) is 4.60. The van der Waals surface area contributed by atoms with Crippen LogP contribution in [0.5, 0.6) is 0 Å². The third kappa shape index (κ3) is 4.91. The summed E-state index contributed by atoms with van der Waals surface area (Å²) in [7, 11) is 0. The molecule has 2 N–H and O–H groups in total. The minimum Gasteiger partial charge on any atom is -0.385 e. The zero-order chi connectivity index (χ0) is 24.5. The van der Waals surface area contributed by atoms with Gasteiger partial charge in [0.25, 0.3) is 5.91 Å². The predicted molar refractivity (Wildman–Crippen MR) is 134 cm³/mol. The van der Waals surface area contributed by atoms with Crippen molar-refractivity contribution in [3.63, 3.8) is 0 Å². The maximum atomic E-state index is 12.7. The van der Waals surface area contributed by atoms with Crippen molar-refractivity contribution in [1.82, 2.24) is 34.8 Å². The lowest BCUT2D eigenvalue weighted by molar-refractivity contribution is 0.0912. The molecule has 0 unspecified atom stereocenters. The maximum absolute atomic E-state index is 12.7. The number of fused-ring (bicyclic) bond motifs is 1.